The van der Waals surface area contributed by atoms with E-state index in [-0.39, 0.29) is 17.8 Å². The molecule has 1 heterocycles. The molecule has 1 fully saturated rings. The van der Waals surface area contributed by atoms with Crippen LogP contribution in [0.25, 0.3) is 0 Å². The lowest BCUT2D eigenvalue weighted by molar-refractivity contribution is -0.0498. The molecule has 0 spiro atoms. The van der Waals surface area contributed by atoms with Crippen LogP contribution in [0.1, 0.15) is 28.8 Å². The lowest BCUT2D eigenvalue weighted by Gasteiger charge is -2.12. The van der Waals surface area contributed by atoms with E-state index in [1.54, 1.807) is 0 Å². The molecule has 1 aliphatic heterocycles. The monoisotopic (exact) mass is 377 g/mol. The number of benzene rings is 2. The van der Waals surface area contributed by atoms with Gasteiger partial charge in [-0.3, -0.25) is 4.79 Å². The van der Waals surface area contributed by atoms with Crippen molar-refractivity contribution >= 4 is 5.91 Å². The Bertz CT molecular complexity index is 729. The minimum absolute atomic E-state index is 0.0140. The molecule has 27 heavy (non-hydrogen) atoms. The maximum Gasteiger partial charge on any atom is 0.387 e. The van der Waals surface area contributed by atoms with Crippen LogP contribution in [-0.4, -0.2) is 31.8 Å². The lowest BCUT2D eigenvalue weighted by Crippen LogP contribution is -2.22. The zero-order chi connectivity index (χ0) is 19.1. The minimum atomic E-state index is -2.89. The second-order valence-corrected chi connectivity index (χ2v) is 6.18. The fourth-order valence-electron chi connectivity index (χ4n) is 2.74. The van der Waals surface area contributed by atoms with Crippen molar-refractivity contribution in [2.75, 3.05) is 13.2 Å². The molecule has 144 valence electrons. The van der Waals surface area contributed by atoms with Crippen molar-refractivity contribution in [1.29, 1.82) is 0 Å². The number of hydrogen-bond donors (Lipinski definition) is 1. The van der Waals surface area contributed by atoms with Crippen LogP contribution in [0.4, 0.5) is 8.78 Å². The number of rotatable bonds is 8. The molecule has 0 aliphatic carbocycles. The van der Waals surface area contributed by atoms with Crippen molar-refractivity contribution in [2.24, 2.45) is 0 Å². The number of nitrogens with one attached hydrogen (secondary N) is 1. The van der Waals surface area contributed by atoms with Gasteiger partial charge in [0.05, 0.1) is 6.10 Å². The van der Waals surface area contributed by atoms with Gasteiger partial charge in [0.25, 0.3) is 5.91 Å². The summed E-state index contributed by atoms with van der Waals surface area (Å²) in [7, 11) is 0. The number of amides is 1. The van der Waals surface area contributed by atoms with Crippen molar-refractivity contribution in [2.45, 2.75) is 32.1 Å². The van der Waals surface area contributed by atoms with Crippen molar-refractivity contribution in [1.82, 2.24) is 5.32 Å². The lowest BCUT2D eigenvalue weighted by atomic mass is 10.2. The predicted octanol–water partition coefficient (Wildman–Crippen LogP) is 3.78. The average Bonchev–Trinajstić information content (AvgIpc) is 3.19. The fourth-order valence-corrected chi connectivity index (χ4v) is 2.74. The molecule has 1 amide bonds. The van der Waals surface area contributed by atoms with Crippen molar-refractivity contribution < 1.29 is 27.8 Å². The topological polar surface area (TPSA) is 56.8 Å². The van der Waals surface area contributed by atoms with Crippen molar-refractivity contribution in [3.8, 4) is 11.5 Å². The van der Waals surface area contributed by atoms with Crippen molar-refractivity contribution in [3.63, 3.8) is 0 Å². The third-order valence-electron chi connectivity index (χ3n) is 4.18. The van der Waals surface area contributed by atoms with Gasteiger partial charge in [0, 0.05) is 18.7 Å². The first-order valence-corrected chi connectivity index (χ1v) is 8.76. The van der Waals surface area contributed by atoms with Crippen LogP contribution in [-0.2, 0) is 11.3 Å². The maximum atomic E-state index is 12.1. The Morgan fingerprint density at radius 1 is 1.11 bits per heavy atom. The van der Waals surface area contributed by atoms with E-state index < -0.39 is 6.61 Å². The van der Waals surface area contributed by atoms with Gasteiger partial charge in [0.15, 0.2) is 0 Å². The Hall–Kier alpha value is -2.67. The van der Waals surface area contributed by atoms with E-state index in [1.807, 2.05) is 24.3 Å². The number of halogens is 2. The standard InChI is InChI=1S/C20H21F2NO4/c21-20(22)27-17-9-5-15(6-10-17)19(24)23-12-14-3-7-16(8-4-14)26-13-18-2-1-11-25-18/h3-10,18,20H,1-2,11-13H2,(H,23,24). The molecule has 3 rings (SSSR count). The first kappa shape index (κ1) is 19.1. The molecule has 1 unspecified atom stereocenters. The highest BCUT2D eigenvalue weighted by atomic mass is 19.3. The summed E-state index contributed by atoms with van der Waals surface area (Å²) in [5, 5.41) is 2.78. The Kier molecular flexibility index (Phi) is 6.59. The smallest absolute Gasteiger partial charge is 0.387 e. The van der Waals surface area contributed by atoms with Gasteiger partial charge in [0.1, 0.15) is 18.1 Å². The normalized spacial score (nSPS) is 16.3. The van der Waals surface area contributed by atoms with E-state index >= 15 is 0 Å². The fraction of sp³-hybridized carbons (Fsp3) is 0.350. The Labute approximate surface area is 156 Å². The highest BCUT2D eigenvalue weighted by Crippen LogP contribution is 2.17. The van der Waals surface area contributed by atoms with Gasteiger partial charge in [-0.2, -0.15) is 8.78 Å². The minimum Gasteiger partial charge on any atom is -0.491 e. The summed E-state index contributed by atoms with van der Waals surface area (Å²) in [4.78, 5) is 12.1. The Morgan fingerprint density at radius 3 is 2.44 bits per heavy atom. The van der Waals surface area contributed by atoms with Crippen LogP contribution >= 0.6 is 0 Å². The number of ether oxygens (including phenoxy) is 3. The van der Waals surface area contributed by atoms with Crippen LogP contribution in [0.2, 0.25) is 0 Å². The molecule has 7 heteroatoms. The van der Waals surface area contributed by atoms with Gasteiger partial charge in [-0.05, 0) is 54.8 Å². The van der Waals surface area contributed by atoms with E-state index in [4.69, 9.17) is 9.47 Å². The molecule has 2 aromatic rings. The highest BCUT2D eigenvalue weighted by molar-refractivity contribution is 5.94. The van der Waals surface area contributed by atoms with Gasteiger partial charge in [-0.1, -0.05) is 12.1 Å². The number of alkyl halides is 2. The Balaban J connectivity index is 1.45. The molecule has 0 aromatic heterocycles. The van der Waals surface area contributed by atoms with Crippen LogP contribution < -0.4 is 14.8 Å². The summed E-state index contributed by atoms with van der Waals surface area (Å²) in [6.45, 7) is -1.20. The molecular weight excluding hydrogens is 356 g/mol. The molecule has 1 aliphatic rings. The van der Waals surface area contributed by atoms with E-state index in [0.717, 1.165) is 30.8 Å². The first-order valence-electron chi connectivity index (χ1n) is 8.76. The van der Waals surface area contributed by atoms with Gasteiger partial charge < -0.3 is 19.5 Å². The van der Waals surface area contributed by atoms with Gasteiger partial charge >= 0.3 is 6.61 Å². The van der Waals surface area contributed by atoms with Crippen molar-refractivity contribution in [3.05, 3.63) is 59.7 Å². The van der Waals surface area contributed by atoms with Crippen LogP contribution in [0, 0.1) is 0 Å². The Morgan fingerprint density at radius 2 is 1.81 bits per heavy atom. The van der Waals surface area contributed by atoms with Gasteiger partial charge in [0.2, 0.25) is 0 Å². The summed E-state index contributed by atoms with van der Waals surface area (Å²) in [6, 6.07) is 13.0. The van der Waals surface area contributed by atoms with Crippen LogP contribution in [0.15, 0.2) is 48.5 Å². The summed E-state index contributed by atoms with van der Waals surface area (Å²) in [6.07, 6.45) is 2.27. The largest absolute Gasteiger partial charge is 0.491 e. The SMILES string of the molecule is O=C(NCc1ccc(OCC2CCCO2)cc1)c1ccc(OC(F)F)cc1. The molecule has 2 aromatic carbocycles. The molecule has 0 radical (unpaired) electrons. The summed E-state index contributed by atoms with van der Waals surface area (Å²) < 4.78 is 39.7. The summed E-state index contributed by atoms with van der Waals surface area (Å²) >= 11 is 0. The molecule has 1 saturated heterocycles. The third-order valence-corrected chi connectivity index (χ3v) is 4.18. The predicted molar refractivity (Wildman–Crippen MR) is 95.2 cm³/mol. The molecule has 0 saturated carbocycles. The van der Waals surface area contributed by atoms with Crippen LogP contribution in [0.3, 0.4) is 0 Å². The molecule has 0 bridgehead atoms. The number of carbonyl (C=O) groups is 1. The number of hydrogen-bond acceptors (Lipinski definition) is 4. The number of carbonyl (C=O) groups excluding carboxylic acids is 1. The average molecular weight is 377 g/mol. The van der Waals surface area contributed by atoms with Crippen LogP contribution in [0.5, 0.6) is 11.5 Å². The second-order valence-electron chi connectivity index (χ2n) is 6.18. The summed E-state index contributed by atoms with van der Waals surface area (Å²) in [5.41, 5.74) is 1.29. The highest BCUT2D eigenvalue weighted by Gasteiger charge is 2.15. The maximum absolute atomic E-state index is 12.1. The van der Waals surface area contributed by atoms with Gasteiger partial charge in [-0.25, -0.2) is 0 Å². The van der Waals surface area contributed by atoms with Gasteiger partial charge in [-0.15, -0.1) is 0 Å². The molecule has 1 atom stereocenters. The molecular formula is C20H21F2NO4. The summed E-state index contributed by atoms with van der Waals surface area (Å²) in [5.74, 6) is 0.479. The van der Waals surface area contributed by atoms with E-state index in [0.29, 0.717) is 18.7 Å². The quantitative estimate of drug-likeness (QED) is 0.761. The first-order chi connectivity index (χ1) is 13.1. The molecule has 1 N–H and O–H groups in total. The van der Waals surface area contributed by atoms with E-state index in [9.17, 15) is 13.6 Å². The second kappa shape index (κ2) is 9.32. The zero-order valence-electron chi connectivity index (χ0n) is 14.7. The van der Waals surface area contributed by atoms with E-state index in [2.05, 4.69) is 10.1 Å². The molecule has 5 nitrogen and oxygen atoms in total. The third kappa shape index (κ3) is 5.92. The zero-order valence-corrected chi connectivity index (χ0v) is 14.7. The van der Waals surface area contributed by atoms with E-state index in [1.165, 1.54) is 24.3 Å².